The van der Waals surface area contributed by atoms with Crippen molar-refractivity contribution in [3.05, 3.63) is 0 Å². The van der Waals surface area contributed by atoms with Crippen molar-refractivity contribution in [2.75, 3.05) is 13.7 Å². The molecule has 0 rings (SSSR count). The van der Waals surface area contributed by atoms with Crippen LogP contribution in [0.15, 0.2) is 0 Å². The van der Waals surface area contributed by atoms with E-state index in [0.29, 0.717) is 12.8 Å². The van der Waals surface area contributed by atoms with E-state index in [9.17, 15) is 9.90 Å². The molecule has 1 unspecified atom stereocenters. The standard InChI is InChI=1S/C10H20O3/c1-4-6-7-10(5-2,8-11)9(12)13-3/h11H,4-8H2,1-3H3. The SMILES string of the molecule is CCCCC(CC)(CO)C(=O)OC. The molecule has 0 aromatic carbocycles. The van der Waals surface area contributed by atoms with Crippen molar-refractivity contribution in [3.8, 4) is 0 Å². The topological polar surface area (TPSA) is 46.5 Å². The summed E-state index contributed by atoms with van der Waals surface area (Å²) in [6.07, 6.45) is 3.32. The molecule has 0 aromatic rings. The largest absolute Gasteiger partial charge is 0.469 e. The van der Waals surface area contributed by atoms with Crippen molar-refractivity contribution >= 4 is 5.97 Å². The molecular formula is C10H20O3. The minimum Gasteiger partial charge on any atom is -0.469 e. The van der Waals surface area contributed by atoms with Crippen molar-refractivity contribution in [2.24, 2.45) is 5.41 Å². The van der Waals surface area contributed by atoms with Gasteiger partial charge in [0, 0.05) is 0 Å². The van der Waals surface area contributed by atoms with E-state index in [1.807, 2.05) is 6.92 Å². The molecule has 0 spiro atoms. The van der Waals surface area contributed by atoms with Crippen molar-refractivity contribution in [3.63, 3.8) is 0 Å². The molecule has 1 N–H and O–H groups in total. The first-order valence-electron chi connectivity index (χ1n) is 4.86. The summed E-state index contributed by atoms with van der Waals surface area (Å²) in [7, 11) is 1.37. The van der Waals surface area contributed by atoms with Gasteiger partial charge in [-0.25, -0.2) is 0 Å². The van der Waals surface area contributed by atoms with Crippen LogP contribution < -0.4 is 0 Å². The summed E-state index contributed by atoms with van der Waals surface area (Å²) in [4.78, 5) is 11.4. The zero-order valence-corrected chi connectivity index (χ0v) is 8.80. The number of carbonyl (C=O) groups is 1. The third-order valence-electron chi connectivity index (χ3n) is 2.61. The van der Waals surface area contributed by atoms with Gasteiger partial charge >= 0.3 is 5.97 Å². The first-order valence-corrected chi connectivity index (χ1v) is 4.86. The molecule has 0 aliphatic carbocycles. The van der Waals surface area contributed by atoms with E-state index in [-0.39, 0.29) is 12.6 Å². The van der Waals surface area contributed by atoms with E-state index in [2.05, 4.69) is 6.92 Å². The highest BCUT2D eigenvalue weighted by Gasteiger charge is 2.36. The summed E-state index contributed by atoms with van der Waals surface area (Å²) in [5.41, 5.74) is -0.662. The summed E-state index contributed by atoms with van der Waals surface area (Å²) in [5.74, 6) is -0.286. The molecule has 0 aliphatic rings. The van der Waals surface area contributed by atoms with Crippen LogP contribution in [0.5, 0.6) is 0 Å². The number of esters is 1. The lowest BCUT2D eigenvalue weighted by Crippen LogP contribution is -2.35. The third kappa shape index (κ3) is 2.99. The van der Waals surface area contributed by atoms with Gasteiger partial charge in [-0.15, -0.1) is 0 Å². The zero-order valence-electron chi connectivity index (χ0n) is 8.80. The Morgan fingerprint density at radius 3 is 2.38 bits per heavy atom. The first kappa shape index (κ1) is 12.4. The molecule has 0 saturated carbocycles. The van der Waals surface area contributed by atoms with Gasteiger partial charge in [0.2, 0.25) is 0 Å². The Morgan fingerprint density at radius 1 is 1.46 bits per heavy atom. The number of carbonyl (C=O) groups excluding carboxylic acids is 1. The van der Waals surface area contributed by atoms with Crippen LogP contribution in [0.3, 0.4) is 0 Å². The molecule has 0 radical (unpaired) electrons. The Kier molecular flexibility index (Phi) is 5.71. The molecule has 0 aromatic heterocycles. The number of aliphatic hydroxyl groups is 1. The molecule has 0 heterocycles. The van der Waals surface area contributed by atoms with Gasteiger partial charge in [-0.05, 0) is 12.8 Å². The molecule has 0 amide bonds. The lowest BCUT2D eigenvalue weighted by atomic mass is 9.81. The second-order valence-corrected chi connectivity index (χ2v) is 3.39. The molecule has 0 saturated heterocycles. The van der Waals surface area contributed by atoms with E-state index in [1.165, 1.54) is 7.11 Å². The molecule has 0 aliphatic heterocycles. The fraction of sp³-hybridized carbons (Fsp3) is 0.900. The second-order valence-electron chi connectivity index (χ2n) is 3.39. The van der Waals surface area contributed by atoms with Gasteiger partial charge in [0.15, 0.2) is 0 Å². The molecule has 0 bridgehead atoms. The Labute approximate surface area is 80.1 Å². The van der Waals surface area contributed by atoms with Crippen molar-refractivity contribution < 1.29 is 14.6 Å². The van der Waals surface area contributed by atoms with Crippen molar-refractivity contribution in [1.82, 2.24) is 0 Å². The summed E-state index contributed by atoms with van der Waals surface area (Å²) in [6.45, 7) is 3.86. The van der Waals surface area contributed by atoms with Crippen LogP contribution >= 0.6 is 0 Å². The average molecular weight is 188 g/mol. The van der Waals surface area contributed by atoms with E-state index in [0.717, 1.165) is 12.8 Å². The van der Waals surface area contributed by atoms with Crippen LogP contribution in [0.4, 0.5) is 0 Å². The predicted octanol–water partition coefficient (Wildman–Crippen LogP) is 1.74. The van der Waals surface area contributed by atoms with Gasteiger partial charge < -0.3 is 9.84 Å². The number of hydrogen-bond acceptors (Lipinski definition) is 3. The third-order valence-corrected chi connectivity index (χ3v) is 2.61. The summed E-state index contributed by atoms with van der Waals surface area (Å²) in [5, 5.41) is 9.20. The number of aliphatic hydroxyl groups excluding tert-OH is 1. The van der Waals surface area contributed by atoms with Crippen LogP contribution in [-0.2, 0) is 9.53 Å². The maximum atomic E-state index is 11.4. The highest BCUT2D eigenvalue weighted by molar-refractivity contribution is 5.76. The lowest BCUT2D eigenvalue weighted by Gasteiger charge is -2.27. The zero-order chi connectivity index (χ0) is 10.3. The molecule has 3 heteroatoms. The lowest BCUT2D eigenvalue weighted by molar-refractivity contribution is -0.156. The summed E-state index contributed by atoms with van der Waals surface area (Å²) < 4.78 is 4.70. The van der Waals surface area contributed by atoms with Crippen LogP contribution in [0.25, 0.3) is 0 Å². The predicted molar refractivity (Wildman–Crippen MR) is 51.4 cm³/mol. The smallest absolute Gasteiger partial charge is 0.314 e. The molecular weight excluding hydrogens is 168 g/mol. The van der Waals surface area contributed by atoms with Gasteiger partial charge in [0.05, 0.1) is 19.1 Å². The summed E-state index contributed by atoms with van der Waals surface area (Å²) >= 11 is 0. The Morgan fingerprint density at radius 2 is 2.08 bits per heavy atom. The molecule has 1 atom stereocenters. The van der Waals surface area contributed by atoms with E-state index < -0.39 is 5.41 Å². The maximum absolute atomic E-state index is 11.4. The normalized spacial score (nSPS) is 15.1. The van der Waals surface area contributed by atoms with Crippen molar-refractivity contribution in [1.29, 1.82) is 0 Å². The Bertz CT molecular complexity index is 150. The minimum atomic E-state index is -0.662. The molecule has 3 nitrogen and oxygen atoms in total. The number of hydrogen-bond donors (Lipinski definition) is 1. The average Bonchev–Trinajstić information content (AvgIpc) is 2.19. The van der Waals surface area contributed by atoms with Crippen LogP contribution in [0.1, 0.15) is 39.5 Å². The van der Waals surface area contributed by atoms with E-state index in [4.69, 9.17) is 4.74 Å². The first-order chi connectivity index (χ1) is 6.16. The van der Waals surface area contributed by atoms with Crippen LogP contribution in [-0.4, -0.2) is 24.8 Å². The molecule has 0 fully saturated rings. The fourth-order valence-corrected chi connectivity index (χ4v) is 1.41. The molecule has 13 heavy (non-hydrogen) atoms. The maximum Gasteiger partial charge on any atom is 0.314 e. The summed E-state index contributed by atoms with van der Waals surface area (Å²) in [6, 6.07) is 0. The van der Waals surface area contributed by atoms with Crippen molar-refractivity contribution in [2.45, 2.75) is 39.5 Å². The van der Waals surface area contributed by atoms with Crippen LogP contribution in [0.2, 0.25) is 0 Å². The highest BCUT2D eigenvalue weighted by Crippen LogP contribution is 2.29. The Balaban J connectivity index is 4.39. The van der Waals surface area contributed by atoms with E-state index >= 15 is 0 Å². The van der Waals surface area contributed by atoms with Gasteiger partial charge in [-0.2, -0.15) is 0 Å². The second kappa shape index (κ2) is 5.97. The van der Waals surface area contributed by atoms with Gasteiger partial charge in [-0.1, -0.05) is 26.7 Å². The van der Waals surface area contributed by atoms with Gasteiger partial charge in [0.1, 0.15) is 0 Å². The van der Waals surface area contributed by atoms with Gasteiger partial charge in [-0.3, -0.25) is 4.79 Å². The monoisotopic (exact) mass is 188 g/mol. The van der Waals surface area contributed by atoms with Gasteiger partial charge in [0.25, 0.3) is 0 Å². The fourth-order valence-electron chi connectivity index (χ4n) is 1.41. The quantitative estimate of drug-likeness (QED) is 0.646. The minimum absolute atomic E-state index is 0.115. The number of ether oxygens (including phenoxy) is 1. The number of methoxy groups -OCH3 is 1. The van der Waals surface area contributed by atoms with Crippen LogP contribution in [0, 0.1) is 5.41 Å². The van der Waals surface area contributed by atoms with E-state index in [1.54, 1.807) is 0 Å². The number of unbranched alkanes of at least 4 members (excludes halogenated alkanes) is 1. The molecule has 78 valence electrons. The number of rotatable bonds is 6. The highest BCUT2D eigenvalue weighted by atomic mass is 16.5. The Hall–Kier alpha value is -0.570.